The van der Waals surface area contributed by atoms with Gasteiger partial charge in [0.05, 0.1) is 25.1 Å². The molecule has 5 heterocycles. The maximum atomic E-state index is 15.6. The van der Waals surface area contributed by atoms with E-state index in [4.69, 9.17) is 5.73 Å². The van der Waals surface area contributed by atoms with Crippen LogP contribution in [0.4, 0.5) is 0 Å². The van der Waals surface area contributed by atoms with Crippen LogP contribution < -0.4 is 53.6 Å². The zero-order valence-electron chi connectivity index (χ0n) is 67.5. The third-order valence-corrected chi connectivity index (χ3v) is 23.7. The van der Waals surface area contributed by atoms with Crippen molar-refractivity contribution >= 4 is 124 Å². The van der Waals surface area contributed by atoms with E-state index in [0.29, 0.717) is 17.5 Å². The summed E-state index contributed by atoms with van der Waals surface area (Å²) < 4.78 is 0. The molecule has 5 aliphatic heterocycles. The van der Waals surface area contributed by atoms with Crippen molar-refractivity contribution in [2.24, 2.45) is 11.7 Å². The lowest BCUT2D eigenvalue weighted by atomic mass is 10.00. The molecule has 1 aromatic carbocycles. The van der Waals surface area contributed by atoms with Gasteiger partial charge >= 0.3 is 17.9 Å². The molecule has 35 nitrogen and oxygen atoms in total. The van der Waals surface area contributed by atoms with Gasteiger partial charge in [-0.25, -0.2) is 0 Å². The molecule has 37 heteroatoms. The van der Waals surface area contributed by atoms with Crippen molar-refractivity contribution in [1.82, 2.24) is 67.5 Å². The van der Waals surface area contributed by atoms with Gasteiger partial charge in [-0.1, -0.05) is 135 Å². The zero-order valence-corrected chi connectivity index (χ0v) is 69.1. The molecule has 3 fully saturated rings. The summed E-state index contributed by atoms with van der Waals surface area (Å²) in [4.78, 5) is 246. The first-order valence-corrected chi connectivity index (χ1v) is 43.3. The van der Waals surface area contributed by atoms with Gasteiger partial charge in [-0.15, -0.1) is 0 Å². The second-order valence-electron chi connectivity index (χ2n) is 31.3. The first kappa shape index (κ1) is 95.9. The van der Waals surface area contributed by atoms with Crippen molar-refractivity contribution in [3.63, 3.8) is 0 Å². The molecule has 646 valence electrons. The number of aliphatic hydroxyl groups is 1. The second kappa shape index (κ2) is 49.3. The third-order valence-electron chi connectivity index (χ3n) is 21.5. The number of imide groups is 1. The molecule has 6 rings (SSSR count). The van der Waals surface area contributed by atoms with Crippen LogP contribution in [0.2, 0.25) is 0 Å². The predicted octanol–water partition coefficient (Wildman–Crippen LogP) is 1.74. The van der Waals surface area contributed by atoms with Crippen molar-refractivity contribution in [1.29, 1.82) is 0 Å². The average molecular weight is 1670 g/mol. The fraction of sp³-hybridized carbons (Fsp3) is 0.709. The van der Waals surface area contributed by atoms with Crippen LogP contribution in [-0.2, 0) is 93.0 Å². The number of likely N-dealkylation sites (N-methyl/N-ethyl adjacent to an activating group) is 1. The summed E-state index contributed by atoms with van der Waals surface area (Å²) in [5.41, 5.74) is 6.96. The highest BCUT2D eigenvalue weighted by molar-refractivity contribution is 7.99. The molecule has 0 saturated carbocycles. The minimum atomic E-state index is -2.02. The maximum absolute atomic E-state index is 15.6. The van der Waals surface area contributed by atoms with Crippen LogP contribution >= 0.6 is 23.5 Å². The summed E-state index contributed by atoms with van der Waals surface area (Å²) >= 11 is 2.21. The predicted molar refractivity (Wildman–Crippen MR) is 428 cm³/mol. The van der Waals surface area contributed by atoms with Gasteiger partial charge in [-0.2, -0.15) is 23.5 Å². The molecule has 0 unspecified atom stereocenters. The number of nitrogens with zero attached hydrogens (tertiary/aromatic N) is 4. The van der Waals surface area contributed by atoms with E-state index >= 15 is 28.8 Å². The fourth-order valence-electron chi connectivity index (χ4n) is 15.2. The lowest BCUT2D eigenvalue weighted by molar-refractivity contribution is -0.152. The van der Waals surface area contributed by atoms with Gasteiger partial charge in [0.15, 0.2) is 0 Å². The molecule has 116 heavy (non-hydrogen) atoms. The quantitative estimate of drug-likeness (QED) is 0.0372. The Kier molecular flexibility index (Phi) is 40.7. The van der Waals surface area contributed by atoms with Crippen LogP contribution in [0.15, 0.2) is 24.3 Å². The Balaban J connectivity index is 1.44. The normalized spacial score (nSPS) is 25.5. The van der Waals surface area contributed by atoms with E-state index < -0.39 is 225 Å². The summed E-state index contributed by atoms with van der Waals surface area (Å²) in [6.07, 6.45) is 10.4. The van der Waals surface area contributed by atoms with Crippen LogP contribution in [0.1, 0.15) is 225 Å². The van der Waals surface area contributed by atoms with Crippen molar-refractivity contribution in [3.8, 4) is 0 Å². The Morgan fingerprint density at radius 1 is 0.526 bits per heavy atom. The van der Waals surface area contributed by atoms with E-state index in [2.05, 4.69) is 49.5 Å². The van der Waals surface area contributed by atoms with E-state index in [1.807, 2.05) is 5.32 Å². The van der Waals surface area contributed by atoms with Crippen LogP contribution in [0.3, 0.4) is 0 Å². The van der Waals surface area contributed by atoms with Crippen molar-refractivity contribution in [2.75, 3.05) is 44.7 Å². The summed E-state index contributed by atoms with van der Waals surface area (Å²) in [6, 6.07) is -12.0. The fourth-order valence-corrected chi connectivity index (χ4v) is 17.3. The summed E-state index contributed by atoms with van der Waals surface area (Å²) in [6.45, 7) is 5.45. The monoisotopic (exact) mass is 1670 g/mol. The molecule has 13 atom stereocenters. The van der Waals surface area contributed by atoms with Crippen LogP contribution in [0, 0.1) is 5.92 Å². The highest BCUT2D eigenvalue weighted by Gasteiger charge is 2.49. The molecule has 0 aliphatic carbocycles. The number of hydrogen-bond acceptors (Lipinski definition) is 21. The Morgan fingerprint density at radius 3 is 1.56 bits per heavy atom. The standard InChI is InChI=1S/C79H122N14O21S2/c1-6-7-8-9-10-11-12-13-14-15-16-17-18-19-20-29-63(96)82-51-39-60-74(109)84-53(30-33-62(80)95)70(105)86-56-45-115-43-49-25-21-22-26-50(49)44-116-46-57(76(111)90(5)61(38-47(2)3)79(114)92-37-24-28-59(92)78(113)93(60)42-51)87-69(104)52(31-34-65(98)99)81-41-64(97)88-75(110)68(48(4)94)89-71(106)54(32-35-66(100)101)83-73(108)58-27-23-36-91(58)77(112)55(40-67(102)103)85-72(56)107/h21-22,25-26,47-48,51-61,68,81,94H,6-20,23-24,27-46H2,1-5H3,(H2,80,95)(H,82,96)(H,83,108)(H,84,109)(H,85,107)(H,86,105)(H,87,104)(H,89,106)(H,98,99)(H,100,101)(H,102,103)(H,88,97,110)/t48-,51+,52+,53+,54+,55+,56+,57+,58+,59-,60+,61+,68+/m1/s1. The molecule has 1 aromatic rings. The largest absolute Gasteiger partial charge is 0.481 e. The number of carboxylic acids is 3. The van der Waals surface area contributed by atoms with Gasteiger partial charge < -0.3 is 83.0 Å². The number of thioether (sulfide) groups is 2. The highest BCUT2D eigenvalue weighted by Crippen LogP contribution is 2.31. The molecule has 0 radical (unpaired) electrons. The van der Waals surface area contributed by atoms with Crippen molar-refractivity contribution in [3.05, 3.63) is 35.4 Å². The molecular weight excluding hydrogens is 1550 g/mol. The van der Waals surface area contributed by atoms with Crippen LogP contribution in [0.5, 0.6) is 0 Å². The molecule has 14 amide bonds. The summed E-state index contributed by atoms with van der Waals surface area (Å²) in [5.74, 6) is -18.9. The van der Waals surface area contributed by atoms with E-state index in [1.54, 1.807) is 38.1 Å². The maximum Gasteiger partial charge on any atom is 0.305 e. The molecule has 3 saturated heterocycles. The van der Waals surface area contributed by atoms with Crippen LogP contribution in [-0.4, -0.2) is 264 Å². The number of carbonyl (C=O) groups is 17. The molecule has 5 aliphatic rings. The number of hydrogen-bond donors (Lipinski definition) is 14. The van der Waals surface area contributed by atoms with E-state index in [9.17, 15) is 73.2 Å². The Labute approximate surface area is 686 Å². The Hall–Kier alpha value is -8.97. The highest BCUT2D eigenvalue weighted by atomic mass is 32.2. The SMILES string of the molecule is CCCCCCCCCCCCCCCCCC(=O)N[C@H]1C[C@H]2C(=O)N[C@@H](CCC(N)=O)C(=O)N[C@H]3CSCc4ccccc4CSC[C@H](NC(=O)[C@H](CCC(=O)O)NCC(=O)NC(=O)[C@H]([C@@H](C)O)NC(=O)[C@H](CCC(=O)O)NC(=O)[C@@H]4CCCN4C(=O)[C@H](CC(=O)O)NC3=O)C(=O)N(C)[C@@H](CC(C)C)C(=O)N3CCC[C@@H]3C(=O)N2C1. The lowest BCUT2D eigenvalue weighted by Gasteiger charge is -2.37. The Bertz CT molecular complexity index is 3590. The number of aliphatic carboxylic acids is 3. The Morgan fingerprint density at radius 2 is 1.02 bits per heavy atom. The number of unbranched alkanes of at least 4 members (excludes halogenated alkanes) is 14. The summed E-state index contributed by atoms with van der Waals surface area (Å²) in [7, 11) is 1.35. The zero-order chi connectivity index (χ0) is 85.1. The second-order valence-corrected chi connectivity index (χ2v) is 33.4. The molecule has 2 bridgehead atoms. The van der Waals surface area contributed by atoms with Gasteiger partial charge in [0.2, 0.25) is 76.8 Å². The smallest absolute Gasteiger partial charge is 0.305 e. The van der Waals surface area contributed by atoms with Gasteiger partial charge in [0.25, 0.3) is 5.91 Å². The summed E-state index contributed by atoms with van der Waals surface area (Å²) in [5, 5.41) is 63.5. The molecule has 0 aromatic heterocycles. The number of nitrogens with one attached hydrogen (secondary N) is 9. The van der Waals surface area contributed by atoms with E-state index in [0.717, 1.165) is 72.4 Å². The van der Waals surface area contributed by atoms with E-state index in [-0.39, 0.29) is 99.4 Å². The molecular formula is C79H122N14O21S2. The van der Waals surface area contributed by atoms with Gasteiger partial charge in [-0.3, -0.25) is 92.1 Å². The van der Waals surface area contributed by atoms with E-state index in [1.165, 1.54) is 74.6 Å². The number of nitrogens with two attached hydrogens (primary N) is 1. The third kappa shape index (κ3) is 31.1. The first-order chi connectivity index (χ1) is 55.3. The number of fused-ring (bicyclic) bond motifs is 9. The minimum Gasteiger partial charge on any atom is -0.481 e. The number of carboxylic acid groups (broad SMARTS) is 3. The number of benzene rings is 1. The van der Waals surface area contributed by atoms with Crippen molar-refractivity contribution in [2.45, 2.75) is 304 Å². The van der Waals surface area contributed by atoms with Crippen molar-refractivity contribution < 1.29 is 102 Å². The number of rotatable bonds is 31. The number of aliphatic hydroxyl groups excluding tert-OH is 1. The lowest BCUT2D eigenvalue weighted by Crippen LogP contribution is -2.61. The van der Waals surface area contributed by atoms with Gasteiger partial charge in [-0.05, 0) is 88.2 Å². The first-order valence-electron chi connectivity index (χ1n) is 41.0. The average Bonchev–Trinajstić information content (AvgIpc) is 1.63. The van der Waals surface area contributed by atoms with Gasteiger partial charge in [0.1, 0.15) is 60.4 Å². The number of carbonyl (C=O) groups excluding carboxylic acids is 14. The number of primary amides is 1. The molecule has 15 N–H and O–H groups in total. The minimum absolute atomic E-state index is 0.00552. The van der Waals surface area contributed by atoms with Crippen LogP contribution in [0.25, 0.3) is 0 Å². The topological polar surface area (TPSA) is 518 Å². The molecule has 0 spiro atoms. The van der Waals surface area contributed by atoms with Gasteiger partial charge in [0, 0.05) is 81.4 Å². The number of amides is 14.